The molecular weight excluding hydrogens is 324 g/mol. The van der Waals surface area contributed by atoms with Crippen molar-refractivity contribution in [3.8, 4) is 0 Å². The molecule has 2 bridgehead atoms. The van der Waals surface area contributed by atoms with Gasteiger partial charge in [-0.1, -0.05) is 13.3 Å². The van der Waals surface area contributed by atoms with Crippen molar-refractivity contribution in [3.63, 3.8) is 0 Å². The van der Waals surface area contributed by atoms with Crippen LogP contribution in [0.15, 0.2) is 6.20 Å². The van der Waals surface area contributed by atoms with Crippen molar-refractivity contribution in [2.45, 2.75) is 38.8 Å². The van der Waals surface area contributed by atoms with E-state index in [-0.39, 0.29) is 24.3 Å². The molecule has 8 nitrogen and oxygen atoms in total. The molecule has 0 spiro atoms. The first kappa shape index (κ1) is 19.4. The number of likely N-dealkylation sites (N-methyl/N-ethyl adjacent to an activating group) is 1. The number of nitrogens with one attached hydrogen (secondary N) is 1. The van der Waals surface area contributed by atoms with E-state index in [1.165, 1.54) is 6.42 Å². The van der Waals surface area contributed by atoms with Crippen LogP contribution < -0.4 is 0 Å². The van der Waals surface area contributed by atoms with Gasteiger partial charge in [0.15, 0.2) is 0 Å². The number of aromatic amines is 1. The number of imidazole rings is 1. The summed E-state index contributed by atoms with van der Waals surface area (Å²) in [5.41, 5.74) is 1.14. The third-order valence-corrected chi connectivity index (χ3v) is 4.66. The first-order valence-electron chi connectivity index (χ1n) is 8.76. The molecular formula is C17H28N4O4. The van der Waals surface area contributed by atoms with Crippen molar-refractivity contribution in [1.29, 1.82) is 0 Å². The van der Waals surface area contributed by atoms with Gasteiger partial charge in [-0.05, 0) is 6.42 Å². The Morgan fingerprint density at radius 3 is 2.92 bits per heavy atom. The van der Waals surface area contributed by atoms with Gasteiger partial charge in [-0.3, -0.25) is 14.5 Å². The SMILES string of the molecule is CCCCc1ncc(CN2C[C@@H]3COC[C@H](C2)N(C)C3=O)[nH]1.O=CO. The zero-order valence-electron chi connectivity index (χ0n) is 15.0. The van der Waals surface area contributed by atoms with Crippen molar-refractivity contribution in [3.05, 3.63) is 17.7 Å². The van der Waals surface area contributed by atoms with Gasteiger partial charge in [0, 0.05) is 45.0 Å². The third-order valence-electron chi connectivity index (χ3n) is 4.66. The minimum Gasteiger partial charge on any atom is -0.483 e. The van der Waals surface area contributed by atoms with E-state index in [2.05, 4.69) is 21.8 Å². The first-order chi connectivity index (χ1) is 12.1. The van der Waals surface area contributed by atoms with Crippen LogP contribution in [0, 0.1) is 5.92 Å². The number of H-pyrrole nitrogens is 1. The van der Waals surface area contributed by atoms with Gasteiger partial charge in [0.25, 0.3) is 6.47 Å². The van der Waals surface area contributed by atoms with Gasteiger partial charge >= 0.3 is 0 Å². The number of aromatic nitrogens is 2. The van der Waals surface area contributed by atoms with Gasteiger partial charge < -0.3 is 19.7 Å². The lowest BCUT2D eigenvalue weighted by Gasteiger charge is -2.28. The maximum absolute atomic E-state index is 12.3. The Kier molecular flexibility index (Phi) is 7.39. The van der Waals surface area contributed by atoms with E-state index < -0.39 is 0 Å². The maximum Gasteiger partial charge on any atom is 0.290 e. The Hall–Kier alpha value is -1.93. The summed E-state index contributed by atoms with van der Waals surface area (Å²) in [6, 6.07) is 0.155. The van der Waals surface area contributed by atoms with Gasteiger partial charge in [0.05, 0.1) is 25.2 Å². The van der Waals surface area contributed by atoms with Gasteiger partial charge in [-0.15, -0.1) is 0 Å². The predicted octanol–water partition coefficient (Wildman–Crippen LogP) is 0.742. The van der Waals surface area contributed by atoms with Crippen molar-refractivity contribution in [1.82, 2.24) is 19.8 Å². The molecule has 8 heteroatoms. The van der Waals surface area contributed by atoms with Crippen molar-refractivity contribution in [2.24, 2.45) is 5.92 Å². The number of nitrogens with zero attached hydrogens (tertiary/aromatic N) is 3. The van der Waals surface area contributed by atoms with Crippen LogP contribution >= 0.6 is 0 Å². The number of fused-ring (bicyclic) bond motifs is 3. The van der Waals surface area contributed by atoms with Gasteiger partial charge in [0.1, 0.15) is 5.82 Å². The molecule has 2 atom stereocenters. The first-order valence-corrected chi connectivity index (χ1v) is 8.76. The van der Waals surface area contributed by atoms with Crippen molar-refractivity contribution in [2.75, 3.05) is 33.4 Å². The lowest BCUT2D eigenvalue weighted by Crippen LogP contribution is -2.42. The summed E-state index contributed by atoms with van der Waals surface area (Å²) < 4.78 is 5.64. The Morgan fingerprint density at radius 1 is 1.44 bits per heavy atom. The number of carbonyl (C=O) groups excluding carboxylic acids is 1. The average molecular weight is 352 g/mol. The molecule has 0 radical (unpaired) electrons. The second kappa shape index (κ2) is 9.53. The molecule has 2 aliphatic heterocycles. The summed E-state index contributed by atoms with van der Waals surface area (Å²) in [6.07, 6.45) is 5.29. The van der Waals surface area contributed by atoms with E-state index in [1.54, 1.807) is 0 Å². The Morgan fingerprint density at radius 2 is 2.20 bits per heavy atom. The zero-order chi connectivity index (χ0) is 18.2. The number of carbonyl (C=O) groups is 2. The fraction of sp³-hybridized carbons (Fsp3) is 0.706. The second-order valence-electron chi connectivity index (χ2n) is 6.60. The predicted molar refractivity (Wildman–Crippen MR) is 92.0 cm³/mol. The summed E-state index contributed by atoms with van der Waals surface area (Å²) in [5, 5.41) is 6.89. The summed E-state index contributed by atoms with van der Waals surface area (Å²) >= 11 is 0. The van der Waals surface area contributed by atoms with Crippen LogP contribution in [-0.4, -0.2) is 76.6 Å². The number of unbranched alkanes of at least 4 members (excludes halogenated alkanes) is 1. The number of hydrogen-bond donors (Lipinski definition) is 2. The van der Waals surface area contributed by atoms with E-state index in [1.807, 2.05) is 18.1 Å². The van der Waals surface area contributed by atoms with Crippen LogP contribution in [0.25, 0.3) is 0 Å². The molecule has 1 aromatic heterocycles. The standard InChI is InChI=1S/C16H26N4O2.CH2O2/c1-3-4-5-15-17-6-13(18-15)8-20-7-12-10-22-11-14(9-20)19(2)16(12)21;2-1-3/h6,12,14H,3-5,7-11H2,1-2H3,(H,17,18);1H,(H,2,3)/t12-,14+;/m1./s1. The summed E-state index contributed by atoms with van der Waals surface area (Å²) in [4.78, 5) is 32.8. The molecule has 0 aliphatic carbocycles. The minimum atomic E-state index is -0.250. The van der Waals surface area contributed by atoms with Crippen LogP contribution in [0.1, 0.15) is 31.3 Å². The highest BCUT2D eigenvalue weighted by atomic mass is 16.5. The lowest BCUT2D eigenvalue weighted by atomic mass is 10.1. The smallest absolute Gasteiger partial charge is 0.290 e. The zero-order valence-corrected chi connectivity index (χ0v) is 15.0. The largest absolute Gasteiger partial charge is 0.483 e. The normalized spacial score (nSPS) is 23.6. The van der Waals surface area contributed by atoms with Gasteiger partial charge in [0.2, 0.25) is 5.91 Å². The fourth-order valence-electron chi connectivity index (χ4n) is 3.31. The third kappa shape index (κ3) is 5.27. The molecule has 0 unspecified atom stereocenters. The van der Waals surface area contributed by atoms with E-state index in [0.29, 0.717) is 13.2 Å². The van der Waals surface area contributed by atoms with E-state index in [0.717, 1.165) is 44.0 Å². The quantitative estimate of drug-likeness (QED) is 0.759. The van der Waals surface area contributed by atoms with Crippen LogP contribution in [-0.2, 0) is 27.3 Å². The number of amides is 1. The molecule has 2 fully saturated rings. The molecule has 0 saturated carbocycles. The number of aryl methyl sites for hydroxylation is 1. The highest BCUT2D eigenvalue weighted by Crippen LogP contribution is 2.20. The number of hydrogen-bond acceptors (Lipinski definition) is 5. The minimum absolute atomic E-state index is 0.0417. The molecule has 3 rings (SSSR count). The Balaban J connectivity index is 0.000000701. The molecule has 2 saturated heterocycles. The molecule has 140 valence electrons. The molecule has 2 aliphatic rings. The molecule has 3 heterocycles. The van der Waals surface area contributed by atoms with Crippen LogP contribution in [0.2, 0.25) is 0 Å². The highest BCUT2D eigenvalue weighted by Gasteiger charge is 2.37. The molecule has 25 heavy (non-hydrogen) atoms. The topological polar surface area (TPSA) is 98.8 Å². The summed E-state index contributed by atoms with van der Waals surface area (Å²) in [7, 11) is 1.90. The summed E-state index contributed by atoms with van der Waals surface area (Å²) in [5.74, 6) is 1.25. The number of rotatable bonds is 5. The van der Waals surface area contributed by atoms with Crippen molar-refractivity contribution >= 4 is 12.4 Å². The number of carboxylic acid groups (broad SMARTS) is 1. The van der Waals surface area contributed by atoms with Crippen LogP contribution in [0.4, 0.5) is 0 Å². The van der Waals surface area contributed by atoms with Crippen LogP contribution in [0.3, 0.4) is 0 Å². The molecule has 1 amide bonds. The number of ether oxygens (including phenoxy) is 1. The van der Waals surface area contributed by atoms with E-state index >= 15 is 0 Å². The monoisotopic (exact) mass is 352 g/mol. The lowest BCUT2D eigenvalue weighted by molar-refractivity contribution is -0.134. The van der Waals surface area contributed by atoms with Crippen molar-refractivity contribution < 1.29 is 19.4 Å². The van der Waals surface area contributed by atoms with Gasteiger partial charge in [-0.25, -0.2) is 4.98 Å². The Bertz CT molecular complexity index is 563. The summed E-state index contributed by atoms with van der Waals surface area (Å²) in [6.45, 7) is 5.58. The molecule has 0 aromatic carbocycles. The molecule has 1 aromatic rings. The molecule has 2 N–H and O–H groups in total. The fourth-order valence-corrected chi connectivity index (χ4v) is 3.31. The van der Waals surface area contributed by atoms with Gasteiger partial charge in [-0.2, -0.15) is 0 Å². The highest BCUT2D eigenvalue weighted by molar-refractivity contribution is 5.79. The Labute approximate surface area is 148 Å². The van der Waals surface area contributed by atoms with Crippen LogP contribution in [0.5, 0.6) is 0 Å². The maximum atomic E-state index is 12.3. The van der Waals surface area contributed by atoms with E-state index in [9.17, 15) is 4.79 Å². The van der Waals surface area contributed by atoms with E-state index in [4.69, 9.17) is 14.6 Å². The average Bonchev–Trinajstić information content (AvgIpc) is 2.93. The second-order valence-corrected chi connectivity index (χ2v) is 6.60.